The molecule has 2 aromatic heterocycles. The third-order valence-electron chi connectivity index (χ3n) is 3.02. The molecule has 0 spiro atoms. The van der Waals surface area contributed by atoms with Crippen LogP contribution in [0.4, 0.5) is 0 Å². The van der Waals surface area contributed by atoms with Crippen LogP contribution in [-0.2, 0) is 6.42 Å². The molecule has 1 saturated heterocycles. The number of aryl methyl sites for hydroxylation is 1. The fourth-order valence-electron chi connectivity index (χ4n) is 1.89. The van der Waals surface area contributed by atoms with E-state index >= 15 is 0 Å². The Morgan fingerprint density at radius 2 is 2.35 bits per heavy atom. The average molecular weight is 230 g/mol. The second-order valence-electron chi connectivity index (χ2n) is 4.41. The van der Waals surface area contributed by atoms with Crippen molar-refractivity contribution in [2.75, 3.05) is 13.1 Å². The molecule has 2 aromatic rings. The van der Waals surface area contributed by atoms with Crippen molar-refractivity contribution in [2.24, 2.45) is 5.92 Å². The van der Waals surface area contributed by atoms with Gasteiger partial charge in [-0.25, -0.2) is 0 Å². The number of pyridine rings is 1. The molecule has 0 radical (unpaired) electrons. The molecule has 88 valence electrons. The second-order valence-corrected chi connectivity index (χ2v) is 4.41. The summed E-state index contributed by atoms with van der Waals surface area (Å²) < 4.78 is 5.25. The number of hydrogen-bond donors (Lipinski definition) is 1. The first-order valence-electron chi connectivity index (χ1n) is 5.78. The zero-order chi connectivity index (χ0) is 11.7. The molecule has 0 aromatic carbocycles. The molecular formula is C12H14N4O. The van der Waals surface area contributed by atoms with Crippen LogP contribution < -0.4 is 5.32 Å². The quantitative estimate of drug-likeness (QED) is 0.858. The van der Waals surface area contributed by atoms with E-state index in [-0.39, 0.29) is 0 Å². The van der Waals surface area contributed by atoms with Gasteiger partial charge in [0.05, 0.1) is 0 Å². The summed E-state index contributed by atoms with van der Waals surface area (Å²) in [5.74, 6) is 1.93. The minimum absolute atomic E-state index is 0.588. The first-order valence-corrected chi connectivity index (χ1v) is 5.78. The molecule has 0 amide bonds. The van der Waals surface area contributed by atoms with E-state index in [1.807, 2.05) is 19.1 Å². The van der Waals surface area contributed by atoms with E-state index in [4.69, 9.17) is 4.52 Å². The van der Waals surface area contributed by atoms with Crippen molar-refractivity contribution >= 4 is 0 Å². The number of nitrogens with zero attached hydrogens (tertiary/aromatic N) is 3. The van der Waals surface area contributed by atoms with Crippen molar-refractivity contribution < 1.29 is 4.52 Å². The Balaban J connectivity index is 1.82. The predicted octanol–water partition coefficient (Wildman–Crippen LogP) is 1.20. The molecule has 0 unspecified atom stereocenters. The van der Waals surface area contributed by atoms with Crippen molar-refractivity contribution in [3.05, 3.63) is 29.8 Å². The first-order chi connectivity index (χ1) is 8.33. The van der Waals surface area contributed by atoms with Gasteiger partial charge in [-0.05, 0) is 37.6 Å². The number of aromatic nitrogens is 3. The molecule has 0 aliphatic carbocycles. The van der Waals surface area contributed by atoms with Crippen molar-refractivity contribution in [3.8, 4) is 11.5 Å². The highest BCUT2D eigenvalue weighted by Crippen LogP contribution is 2.18. The van der Waals surface area contributed by atoms with E-state index in [1.54, 1.807) is 6.20 Å². The lowest BCUT2D eigenvalue weighted by Crippen LogP contribution is -2.43. The van der Waals surface area contributed by atoms with Crippen LogP contribution in [0.5, 0.6) is 0 Å². The highest BCUT2D eigenvalue weighted by molar-refractivity contribution is 5.53. The minimum atomic E-state index is 0.588. The average Bonchev–Trinajstić information content (AvgIpc) is 2.73. The number of nitrogens with one attached hydrogen (secondary N) is 1. The standard InChI is InChI=1S/C12H14N4O/c1-8-3-2-4-14-11(8)12-15-10(17-16-12)5-9-6-13-7-9/h2-4,9,13H,5-7H2,1H3. The van der Waals surface area contributed by atoms with E-state index in [0.717, 1.165) is 30.8 Å². The summed E-state index contributed by atoms with van der Waals surface area (Å²) in [6.07, 6.45) is 2.60. The first kappa shape index (κ1) is 10.4. The number of hydrogen-bond acceptors (Lipinski definition) is 5. The van der Waals surface area contributed by atoms with Gasteiger partial charge >= 0.3 is 0 Å². The normalized spacial score (nSPS) is 15.8. The molecule has 1 fully saturated rings. The van der Waals surface area contributed by atoms with Crippen LogP contribution in [0.25, 0.3) is 11.5 Å². The summed E-state index contributed by atoms with van der Waals surface area (Å²) in [7, 11) is 0. The lowest BCUT2D eigenvalue weighted by Gasteiger charge is -2.25. The molecule has 1 N–H and O–H groups in total. The largest absolute Gasteiger partial charge is 0.339 e. The molecule has 0 bridgehead atoms. The van der Waals surface area contributed by atoms with Crippen LogP contribution in [0.2, 0.25) is 0 Å². The smallest absolute Gasteiger partial charge is 0.227 e. The van der Waals surface area contributed by atoms with Gasteiger partial charge in [0.2, 0.25) is 11.7 Å². The summed E-state index contributed by atoms with van der Waals surface area (Å²) in [5.41, 5.74) is 1.86. The van der Waals surface area contributed by atoms with Gasteiger partial charge in [0, 0.05) is 12.6 Å². The fraction of sp³-hybridized carbons (Fsp3) is 0.417. The Bertz CT molecular complexity index is 519. The molecule has 3 heterocycles. The maximum absolute atomic E-state index is 5.25. The van der Waals surface area contributed by atoms with Crippen LogP contribution in [0.3, 0.4) is 0 Å². The predicted molar refractivity (Wildman–Crippen MR) is 62.3 cm³/mol. The lowest BCUT2D eigenvalue weighted by molar-refractivity contribution is 0.296. The fourth-order valence-corrected chi connectivity index (χ4v) is 1.89. The topological polar surface area (TPSA) is 63.8 Å². The van der Waals surface area contributed by atoms with Crippen LogP contribution in [-0.4, -0.2) is 28.2 Å². The maximum atomic E-state index is 5.25. The molecule has 17 heavy (non-hydrogen) atoms. The summed E-state index contributed by atoms with van der Waals surface area (Å²) >= 11 is 0. The minimum Gasteiger partial charge on any atom is -0.339 e. The van der Waals surface area contributed by atoms with Gasteiger partial charge in [0.15, 0.2) is 0 Å². The highest BCUT2D eigenvalue weighted by Gasteiger charge is 2.21. The molecular weight excluding hydrogens is 216 g/mol. The Kier molecular flexibility index (Phi) is 2.60. The molecule has 5 nitrogen and oxygen atoms in total. The zero-order valence-electron chi connectivity index (χ0n) is 9.68. The van der Waals surface area contributed by atoms with Gasteiger partial charge < -0.3 is 9.84 Å². The van der Waals surface area contributed by atoms with E-state index in [9.17, 15) is 0 Å². The summed E-state index contributed by atoms with van der Waals surface area (Å²) in [6.45, 7) is 4.08. The van der Waals surface area contributed by atoms with Crippen molar-refractivity contribution in [3.63, 3.8) is 0 Å². The molecule has 1 aliphatic heterocycles. The van der Waals surface area contributed by atoms with Crippen LogP contribution in [0.15, 0.2) is 22.9 Å². The third-order valence-corrected chi connectivity index (χ3v) is 3.02. The Morgan fingerprint density at radius 1 is 1.47 bits per heavy atom. The second kappa shape index (κ2) is 4.25. The van der Waals surface area contributed by atoms with Crippen LogP contribution >= 0.6 is 0 Å². The van der Waals surface area contributed by atoms with Crippen molar-refractivity contribution in [1.82, 2.24) is 20.4 Å². The van der Waals surface area contributed by atoms with Gasteiger partial charge in [-0.15, -0.1) is 0 Å². The Hall–Kier alpha value is -1.75. The van der Waals surface area contributed by atoms with E-state index in [1.165, 1.54) is 0 Å². The molecule has 5 heteroatoms. The summed E-state index contributed by atoms with van der Waals surface area (Å²) in [4.78, 5) is 8.67. The van der Waals surface area contributed by atoms with Gasteiger partial charge in [-0.2, -0.15) is 4.98 Å². The molecule has 0 saturated carbocycles. The van der Waals surface area contributed by atoms with Crippen molar-refractivity contribution in [1.29, 1.82) is 0 Å². The van der Waals surface area contributed by atoms with Gasteiger partial charge in [0.1, 0.15) is 5.69 Å². The Labute approximate surface area is 99.3 Å². The van der Waals surface area contributed by atoms with Crippen molar-refractivity contribution in [2.45, 2.75) is 13.3 Å². The van der Waals surface area contributed by atoms with Gasteiger partial charge in [-0.3, -0.25) is 4.98 Å². The van der Waals surface area contributed by atoms with Crippen LogP contribution in [0, 0.1) is 12.8 Å². The monoisotopic (exact) mass is 230 g/mol. The van der Waals surface area contributed by atoms with E-state index < -0.39 is 0 Å². The van der Waals surface area contributed by atoms with E-state index in [0.29, 0.717) is 17.6 Å². The highest BCUT2D eigenvalue weighted by atomic mass is 16.5. The maximum Gasteiger partial charge on any atom is 0.227 e. The van der Waals surface area contributed by atoms with Crippen LogP contribution in [0.1, 0.15) is 11.5 Å². The zero-order valence-corrected chi connectivity index (χ0v) is 9.68. The molecule has 3 rings (SSSR count). The molecule has 1 aliphatic rings. The molecule has 0 atom stereocenters. The number of rotatable bonds is 3. The van der Waals surface area contributed by atoms with Gasteiger partial charge in [0.25, 0.3) is 0 Å². The summed E-state index contributed by atoms with van der Waals surface area (Å²) in [6, 6.07) is 3.90. The van der Waals surface area contributed by atoms with E-state index in [2.05, 4.69) is 20.4 Å². The summed E-state index contributed by atoms with van der Waals surface area (Å²) in [5, 5.41) is 7.22. The lowest BCUT2D eigenvalue weighted by atomic mass is 10.00. The van der Waals surface area contributed by atoms with Gasteiger partial charge in [-0.1, -0.05) is 11.2 Å². The SMILES string of the molecule is Cc1cccnc1-c1noc(CC2CNC2)n1. The Morgan fingerprint density at radius 3 is 3.06 bits per heavy atom. The third kappa shape index (κ3) is 2.06.